The van der Waals surface area contributed by atoms with Gasteiger partial charge in [0, 0.05) is 54.1 Å². The Morgan fingerprint density at radius 2 is 1.51 bits per heavy atom. The van der Waals surface area contributed by atoms with Crippen LogP contribution >= 0.6 is 0 Å². The number of nitrogens with one attached hydrogen (secondary N) is 7. The highest BCUT2D eigenvalue weighted by Crippen LogP contribution is 2.46. The molecule has 3 aliphatic heterocycles. The summed E-state index contributed by atoms with van der Waals surface area (Å²) in [6, 6.07) is 4.69. The van der Waals surface area contributed by atoms with Gasteiger partial charge >= 0.3 is 24.1 Å². The van der Waals surface area contributed by atoms with Crippen molar-refractivity contribution in [3.63, 3.8) is 0 Å². The van der Waals surface area contributed by atoms with Gasteiger partial charge in [0.15, 0.2) is 5.60 Å². The molecule has 1 aliphatic carbocycles. The van der Waals surface area contributed by atoms with Crippen LogP contribution in [0.1, 0.15) is 77.6 Å². The predicted octanol–water partition coefficient (Wildman–Crippen LogP) is -1.07. The van der Waals surface area contributed by atoms with E-state index in [0.29, 0.717) is 27.0 Å². The summed E-state index contributed by atoms with van der Waals surface area (Å²) in [5.41, 5.74) is -0.844. The molecule has 8 rings (SSSR count). The average molecular weight is 1210 g/mol. The van der Waals surface area contributed by atoms with E-state index in [1.54, 1.807) is 30.3 Å². The number of pyridine rings is 2. The zero-order valence-corrected chi connectivity index (χ0v) is 45.7. The van der Waals surface area contributed by atoms with Crippen LogP contribution in [0.3, 0.4) is 0 Å². The van der Waals surface area contributed by atoms with Gasteiger partial charge in [-0.3, -0.25) is 57.6 Å². The van der Waals surface area contributed by atoms with E-state index in [2.05, 4.69) is 31.9 Å². The first kappa shape index (κ1) is 62.6. The molecule has 4 aromatic rings. The topological polar surface area (TPSA) is 389 Å². The van der Waals surface area contributed by atoms with Gasteiger partial charge in [-0.2, -0.15) is 13.2 Å². The molecule has 4 aliphatic rings. The van der Waals surface area contributed by atoms with E-state index in [1.807, 2.05) is 5.32 Å². The molecule has 6 atom stereocenters. The minimum Gasteiger partial charge on any atom is -0.481 e. The summed E-state index contributed by atoms with van der Waals surface area (Å²) in [6.07, 6.45) is -8.24. The van der Waals surface area contributed by atoms with Gasteiger partial charge in [-0.15, -0.1) is 0 Å². The van der Waals surface area contributed by atoms with Crippen LogP contribution in [0.5, 0.6) is 0 Å². The molecule has 0 spiro atoms. The Morgan fingerprint density at radius 3 is 2.16 bits per heavy atom. The van der Waals surface area contributed by atoms with Crippen LogP contribution in [0.2, 0.25) is 0 Å². The molecular weight excluding hydrogens is 1150 g/mol. The van der Waals surface area contributed by atoms with E-state index < -0.39 is 171 Å². The summed E-state index contributed by atoms with van der Waals surface area (Å²) in [6.45, 7) is -2.11. The predicted molar refractivity (Wildman–Crippen MR) is 285 cm³/mol. The van der Waals surface area contributed by atoms with Crippen LogP contribution in [-0.2, 0) is 93.8 Å². The van der Waals surface area contributed by atoms with Gasteiger partial charge in [-0.05, 0) is 60.9 Å². The number of hydrogen-bond donors (Lipinski definition) is 10. The maximum Gasteiger partial charge on any atom is 0.423 e. The van der Waals surface area contributed by atoms with Gasteiger partial charge in [0.05, 0.1) is 54.7 Å². The number of carboxylic acid groups (broad SMARTS) is 2. The zero-order valence-electron chi connectivity index (χ0n) is 45.7. The normalized spacial score (nSPS) is 17.9. The first-order chi connectivity index (χ1) is 40.7. The molecule has 8 amide bonds. The number of amides is 8. The summed E-state index contributed by atoms with van der Waals surface area (Å²) in [5.74, 6) is -13.2. The number of carboxylic acids is 2. The van der Waals surface area contributed by atoms with Crippen molar-refractivity contribution in [2.45, 2.75) is 108 Å². The largest absolute Gasteiger partial charge is 0.481 e. The molecule has 0 saturated heterocycles. The minimum absolute atomic E-state index is 0.00881. The van der Waals surface area contributed by atoms with E-state index in [9.17, 15) is 80.9 Å². The third kappa shape index (κ3) is 13.4. The highest BCUT2D eigenvalue weighted by molar-refractivity contribution is 6.15. The van der Waals surface area contributed by atoms with Crippen molar-refractivity contribution >= 4 is 76.1 Å². The number of nitrogens with zero attached hydrogens (tertiary/aromatic N) is 3. The Hall–Kier alpha value is -9.49. The number of rotatable bonds is 25. The lowest BCUT2D eigenvalue weighted by molar-refractivity contribution is -0.220. The van der Waals surface area contributed by atoms with Gasteiger partial charge < -0.3 is 66.6 Å². The van der Waals surface area contributed by atoms with E-state index in [0.717, 1.165) is 18.2 Å². The molecule has 31 heteroatoms. The van der Waals surface area contributed by atoms with Gasteiger partial charge in [-0.1, -0.05) is 37.3 Å². The van der Waals surface area contributed by atoms with E-state index in [1.165, 1.54) is 24.5 Å². The highest BCUT2D eigenvalue weighted by Gasteiger charge is 2.49. The molecule has 2 unspecified atom stereocenters. The van der Waals surface area contributed by atoms with Crippen LogP contribution in [0.4, 0.5) is 17.6 Å². The standard InChI is InChI=1S/C55H56F4N10O17/c1-3-54(84)30-16-36-46-28(22-68(36)51(80)29(30)23-85-53(54)83)45-32(10-9-27-25(2)31(56)17-34(66-46)44(27)45)67-50(79)47(55(57,58)59)86-24-64-39(71)20-62-48(77)35(15-26-7-5-4-6-8-26)65-40(72)21-61-38(70)19-63-49(78)37(69-41(73)12-13-42(69)74)18-60-33(52(81)82)11-14-43(75)76/h4-8,12-13,16-17,32-33,35,37,47,60,84H,3,9-11,14-15,18-24H2,1-2H3,(H,61,70)(H,62,77)(H,63,78)(H,64,71)(H,65,72)(H,67,79)(H,75,76)(H,81,82)/t32-,33?,35-,37?,47-,54-/m0/s1. The van der Waals surface area contributed by atoms with Gasteiger partial charge in [-0.25, -0.2) is 14.2 Å². The average Bonchev–Trinajstić information content (AvgIpc) is 1.50. The number of carbonyl (C=O) groups is 11. The van der Waals surface area contributed by atoms with Crippen molar-refractivity contribution in [2.24, 2.45) is 0 Å². The second-order valence-corrected chi connectivity index (χ2v) is 20.4. The molecule has 10 N–H and O–H groups in total. The van der Waals surface area contributed by atoms with Crippen molar-refractivity contribution in [3.8, 4) is 11.4 Å². The fourth-order valence-electron chi connectivity index (χ4n) is 10.5. The van der Waals surface area contributed by atoms with Crippen LogP contribution in [-0.4, -0.2) is 158 Å². The monoisotopic (exact) mass is 1200 g/mol. The van der Waals surface area contributed by atoms with Crippen molar-refractivity contribution in [3.05, 3.63) is 110 Å². The Balaban J connectivity index is 0.875. The second kappa shape index (κ2) is 25.8. The maximum atomic E-state index is 15.4. The highest BCUT2D eigenvalue weighted by atomic mass is 19.4. The van der Waals surface area contributed by atoms with E-state index in [4.69, 9.17) is 19.6 Å². The molecule has 27 nitrogen and oxygen atoms in total. The van der Waals surface area contributed by atoms with Crippen LogP contribution in [0.25, 0.3) is 22.3 Å². The number of imide groups is 1. The van der Waals surface area contributed by atoms with Crippen molar-refractivity contribution in [1.29, 1.82) is 0 Å². The summed E-state index contributed by atoms with van der Waals surface area (Å²) >= 11 is 0. The second-order valence-electron chi connectivity index (χ2n) is 20.4. The SMILES string of the molecule is CC[C@@]1(O)C(=O)OCc2c1cc1n(c2=O)Cc2c-1nc1cc(F)c(C)c3c1c2[C@@H](NC(=O)[C@H](OCNC(=O)CNC(=O)[C@H](Cc1ccccc1)NC(=O)CNC(=O)CNC(=O)C(CNC(CCC(=O)O)C(=O)O)N1C(=O)C=CC1=O)C(F)(F)F)CC3. The molecule has 0 radical (unpaired) electrons. The van der Waals surface area contributed by atoms with Crippen LogP contribution < -0.4 is 42.8 Å². The number of ether oxygens (including phenoxy) is 2. The number of aliphatic hydroxyl groups is 1. The van der Waals surface area contributed by atoms with Crippen molar-refractivity contribution < 1.29 is 95.1 Å². The lowest BCUT2D eigenvalue weighted by Crippen LogP contribution is -2.57. The third-order valence-electron chi connectivity index (χ3n) is 14.9. The van der Waals surface area contributed by atoms with Crippen LogP contribution in [0.15, 0.2) is 59.4 Å². The Bertz CT molecular complexity index is 3560. The molecule has 86 heavy (non-hydrogen) atoms. The Labute approximate surface area is 483 Å². The number of esters is 1. The fraction of sp³-hybridized carbons (Fsp3) is 0.400. The smallest absolute Gasteiger partial charge is 0.423 e. The number of aliphatic carboxylic acids is 2. The first-order valence-electron chi connectivity index (χ1n) is 26.7. The number of alkyl halides is 3. The van der Waals surface area contributed by atoms with Gasteiger partial charge in [0.1, 0.15) is 37.3 Å². The Kier molecular flexibility index (Phi) is 18.8. The zero-order chi connectivity index (χ0) is 62.5. The molecule has 2 aromatic heterocycles. The number of benzene rings is 2. The van der Waals surface area contributed by atoms with E-state index >= 15 is 4.39 Å². The lowest BCUT2D eigenvalue weighted by Gasteiger charge is -2.31. The molecule has 0 fully saturated rings. The summed E-state index contributed by atoms with van der Waals surface area (Å²) in [7, 11) is 0. The number of cyclic esters (lactones) is 1. The van der Waals surface area contributed by atoms with Gasteiger partial charge in [0.25, 0.3) is 23.3 Å². The fourth-order valence-corrected chi connectivity index (χ4v) is 10.5. The number of carbonyl (C=O) groups excluding carboxylic acids is 9. The van der Waals surface area contributed by atoms with Crippen molar-refractivity contribution in [2.75, 3.05) is 32.9 Å². The molecule has 0 saturated carbocycles. The molecule has 2 aromatic carbocycles. The molecule has 0 bridgehead atoms. The van der Waals surface area contributed by atoms with Crippen LogP contribution in [0, 0.1) is 12.7 Å². The number of aryl methyl sites for hydroxylation is 1. The van der Waals surface area contributed by atoms with Crippen molar-refractivity contribution in [1.82, 2.24) is 51.7 Å². The maximum absolute atomic E-state index is 15.4. The number of halogens is 4. The van der Waals surface area contributed by atoms with Gasteiger partial charge in [0.2, 0.25) is 35.6 Å². The number of fused-ring (bicyclic) bond motifs is 5. The summed E-state index contributed by atoms with van der Waals surface area (Å²) in [5, 5.41) is 46.0. The minimum atomic E-state index is -5.38. The summed E-state index contributed by atoms with van der Waals surface area (Å²) in [4.78, 5) is 159. The number of aromatic nitrogens is 2. The quantitative estimate of drug-likeness (QED) is 0.0144. The molecular formula is C55H56F4N10O17. The lowest BCUT2D eigenvalue weighted by atomic mass is 9.81. The molecule has 456 valence electrons. The number of hydrogen-bond acceptors (Lipinski definition) is 17. The first-order valence-corrected chi connectivity index (χ1v) is 26.7. The molecule has 5 heterocycles. The van der Waals surface area contributed by atoms with E-state index in [-0.39, 0.29) is 71.4 Å². The summed E-state index contributed by atoms with van der Waals surface area (Å²) < 4.78 is 70.9. The Morgan fingerprint density at radius 1 is 0.849 bits per heavy atom. The third-order valence-corrected chi connectivity index (χ3v) is 14.9.